The summed E-state index contributed by atoms with van der Waals surface area (Å²) < 4.78 is 14.2. The normalized spacial score (nSPS) is 10.5. The second-order valence-corrected chi connectivity index (χ2v) is 6.10. The molecule has 0 radical (unpaired) electrons. The largest absolute Gasteiger partial charge is 0.355 e. The first-order valence-corrected chi connectivity index (χ1v) is 8.58. The fourth-order valence-electron chi connectivity index (χ4n) is 3.05. The zero-order chi connectivity index (χ0) is 17.8. The summed E-state index contributed by atoms with van der Waals surface area (Å²) in [5.41, 5.74) is 5.60. The topological polar surface area (TPSA) is 12.0 Å². The minimum absolute atomic E-state index is 0.213. The Balaban J connectivity index is 1.83. The fourth-order valence-corrected chi connectivity index (χ4v) is 3.05. The van der Waals surface area contributed by atoms with Crippen molar-refractivity contribution in [1.29, 1.82) is 0 Å². The van der Waals surface area contributed by atoms with E-state index in [-0.39, 0.29) is 5.82 Å². The minimum atomic E-state index is -0.213. The molecular weight excluding hydrogens is 321 g/mol. The Kier molecular flexibility index (Phi) is 4.48. The van der Waals surface area contributed by atoms with Crippen LogP contribution >= 0.6 is 0 Å². The van der Waals surface area contributed by atoms with E-state index in [9.17, 15) is 4.39 Å². The monoisotopic (exact) mass is 339 g/mol. The molecular formula is C24H18FN. The summed E-state index contributed by atoms with van der Waals surface area (Å²) in [4.78, 5) is 0. The molecule has 0 saturated carbocycles. The third-order valence-corrected chi connectivity index (χ3v) is 4.34. The van der Waals surface area contributed by atoms with Gasteiger partial charge in [-0.3, -0.25) is 0 Å². The summed E-state index contributed by atoms with van der Waals surface area (Å²) in [6.07, 6.45) is 0. The van der Waals surface area contributed by atoms with E-state index in [0.29, 0.717) is 5.56 Å². The third-order valence-electron chi connectivity index (χ3n) is 4.34. The molecule has 1 nitrogen and oxygen atoms in total. The zero-order valence-electron chi connectivity index (χ0n) is 14.2. The lowest BCUT2D eigenvalue weighted by Crippen LogP contribution is -1.94. The highest BCUT2D eigenvalue weighted by atomic mass is 19.1. The first-order chi connectivity index (χ1) is 12.8. The van der Waals surface area contributed by atoms with Gasteiger partial charge in [0, 0.05) is 22.5 Å². The molecule has 0 aliphatic rings. The lowest BCUT2D eigenvalue weighted by atomic mass is 9.97. The SMILES string of the molecule is Fc1ccccc1-c1ccc(Nc2ccccc2)c(-c2ccccc2)c1. The highest BCUT2D eigenvalue weighted by Crippen LogP contribution is 2.35. The van der Waals surface area contributed by atoms with E-state index in [1.165, 1.54) is 6.07 Å². The number of anilines is 2. The molecule has 0 aliphatic heterocycles. The second kappa shape index (κ2) is 7.24. The van der Waals surface area contributed by atoms with Crippen LogP contribution in [0.15, 0.2) is 103 Å². The summed E-state index contributed by atoms with van der Waals surface area (Å²) in [6.45, 7) is 0. The predicted octanol–water partition coefficient (Wildman–Crippen LogP) is 6.90. The number of para-hydroxylation sites is 1. The van der Waals surface area contributed by atoms with E-state index in [1.807, 2.05) is 78.9 Å². The van der Waals surface area contributed by atoms with Crippen molar-refractivity contribution in [2.24, 2.45) is 0 Å². The van der Waals surface area contributed by atoms with Gasteiger partial charge in [0.1, 0.15) is 5.82 Å². The average Bonchev–Trinajstić information content (AvgIpc) is 2.70. The van der Waals surface area contributed by atoms with Gasteiger partial charge in [0.05, 0.1) is 0 Å². The Morgan fingerprint density at radius 3 is 1.92 bits per heavy atom. The molecule has 0 fully saturated rings. The average molecular weight is 339 g/mol. The van der Waals surface area contributed by atoms with Crippen LogP contribution in [0, 0.1) is 5.82 Å². The van der Waals surface area contributed by atoms with E-state index >= 15 is 0 Å². The van der Waals surface area contributed by atoms with Crippen molar-refractivity contribution in [3.05, 3.63) is 109 Å². The van der Waals surface area contributed by atoms with Crippen molar-refractivity contribution < 1.29 is 4.39 Å². The minimum Gasteiger partial charge on any atom is -0.355 e. The molecule has 26 heavy (non-hydrogen) atoms. The number of hydrogen-bond acceptors (Lipinski definition) is 1. The Hall–Kier alpha value is -3.39. The van der Waals surface area contributed by atoms with Gasteiger partial charge in [-0.25, -0.2) is 4.39 Å². The fraction of sp³-hybridized carbons (Fsp3) is 0. The van der Waals surface area contributed by atoms with Crippen LogP contribution in [0.5, 0.6) is 0 Å². The van der Waals surface area contributed by atoms with Gasteiger partial charge in [-0.1, -0.05) is 72.8 Å². The number of benzene rings is 4. The Bertz CT molecular complexity index is 1010. The summed E-state index contributed by atoms with van der Waals surface area (Å²) in [7, 11) is 0. The van der Waals surface area contributed by atoms with Gasteiger partial charge in [0.15, 0.2) is 0 Å². The molecule has 1 N–H and O–H groups in total. The van der Waals surface area contributed by atoms with Gasteiger partial charge in [0.25, 0.3) is 0 Å². The molecule has 0 atom stereocenters. The molecule has 0 heterocycles. The van der Waals surface area contributed by atoms with Crippen LogP contribution in [0.3, 0.4) is 0 Å². The lowest BCUT2D eigenvalue weighted by Gasteiger charge is -2.15. The molecule has 4 aromatic rings. The molecule has 4 aromatic carbocycles. The highest BCUT2D eigenvalue weighted by Gasteiger charge is 2.10. The summed E-state index contributed by atoms with van der Waals surface area (Å²) >= 11 is 0. The Morgan fingerprint density at radius 2 is 1.19 bits per heavy atom. The lowest BCUT2D eigenvalue weighted by molar-refractivity contribution is 0.631. The van der Waals surface area contributed by atoms with Crippen LogP contribution in [-0.4, -0.2) is 0 Å². The molecule has 0 amide bonds. The summed E-state index contributed by atoms with van der Waals surface area (Å²) in [5, 5.41) is 3.47. The quantitative estimate of drug-likeness (QED) is 0.426. The first kappa shape index (κ1) is 16.1. The van der Waals surface area contributed by atoms with Crippen LogP contribution in [0.25, 0.3) is 22.3 Å². The van der Waals surface area contributed by atoms with Crippen molar-refractivity contribution in [3.8, 4) is 22.3 Å². The van der Waals surface area contributed by atoms with Crippen LogP contribution in [0.1, 0.15) is 0 Å². The van der Waals surface area contributed by atoms with Crippen molar-refractivity contribution in [3.63, 3.8) is 0 Å². The molecule has 0 saturated heterocycles. The first-order valence-electron chi connectivity index (χ1n) is 8.58. The smallest absolute Gasteiger partial charge is 0.131 e. The van der Waals surface area contributed by atoms with Gasteiger partial charge < -0.3 is 5.32 Å². The maximum atomic E-state index is 14.2. The van der Waals surface area contributed by atoms with Crippen molar-refractivity contribution in [1.82, 2.24) is 0 Å². The predicted molar refractivity (Wildman–Crippen MR) is 107 cm³/mol. The van der Waals surface area contributed by atoms with Crippen LogP contribution in [-0.2, 0) is 0 Å². The van der Waals surface area contributed by atoms with E-state index < -0.39 is 0 Å². The summed E-state index contributed by atoms with van der Waals surface area (Å²) in [5.74, 6) is -0.213. The van der Waals surface area contributed by atoms with Gasteiger partial charge in [-0.15, -0.1) is 0 Å². The number of hydrogen-bond donors (Lipinski definition) is 1. The van der Waals surface area contributed by atoms with Gasteiger partial charge in [-0.2, -0.15) is 0 Å². The van der Waals surface area contributed by atoms with E-state index in [1.54, 1.807) is 6.07 Å². The van der Waals surface area contributed by atoms with E-state index in [2.05, 4.69) is 17.4 Å². The number of halogens is 1. The Morgan fingerprint density at radius 1 is 0.538 bits per heavy atom. The van der Waals surface area contributed by atoms with E-state index in [0.717, 1.165) is 28.1 Å². The van der Waals surface area contributed by atoms with Crippen molar-refractivity contribution in [2.45, 2.75) is 0 Å². The summed E-state index contributed by atoms with van der Waals surface area (Å²) in [6, 6.07) is 33.1. The van der Waals surface area contributed by atoms with Gasteiger partial charge in [0.2, 0.25) is 0 Å². The van der Waals surface area contributed by atoms with Crippen LogP contribution in [0.4, 0.5) is 15.8 Å². The van der Waals surface area contributed by atoms with Crippen molar-refractivity contribution in [2.75, 3.05) is 5.32 Å². The zero-order valence-corrected chi connectivity index (χ0v) is 14.2. The van der Waals surface area contributed by atoms with Gasteiger partial charge in [-0.05, 0) is 41.5 Å². The van der Waals surface area contributed by atoms with Gasteiger partial charge >= 0.3 is 0 Å². The number of nitrogens with one attached hydrogen (secondary N) is 1. The maximum absolute atomic E-state index is 14.2. The molecule has 0 aromatic heterocycles. The molecule has 126 valence electrons. The molecule has 2 heteroatoms. The second-order valence-electron chi connectivity index (χ2n) is 6.10. The molecule has 0 unspecified atom stereocenters. The highest BCUT2D eigenvalue weighted by molar-refractivity contribution is 5.85. The number of rotatable bonds is 4. The maximum Gasteiger partial charge on any atom is 0.131 e. The molecule has 0 aliphatic carbocycles. The molecule has 4 rings (SSSR count). The van der Waals surface area contributed by atoms with Crippen LogP contribution < -0.4 is 5.32 Å². The van der Waals surface area contributed by atoms with E-state index in [4.69, 9.17) is 0 Å². The molecule has 0 spiro atoms. The third kappa shape index (κ3) is 3.35. The van der Waals surface area contributed by atoms with Crippen LogP contribution in [0.2, 0.25) is 0 Å². The molecule has 0 bridgehead atoms. The van der Waals surface area contributed by atoms with Crippen molar-refractivity contribution >= 4 is 11.4 Å². The Labute approximate surface area is 152 Å². The standard InChI is InChI=1S/C24H18FN/c25-23-14-8-7-13-21(23)19-15-16-24(26-20-11-5-2-6-12-20)22(17-19)18-9-3-1-4-10-18/h1-17,26H.